The fourth-order valence-corrected chi connectivity index (χ4v) is 1.36. The van der Waals surface area contributed by atoms with Gasteiger partial charge in [0.15, 0.2) is 0 Å². The van der Waals surface area contributed by atoms with E-state index < -0.39 is 12.1 Å². The molecule has 0 fully saturated rings. The zero-order chi connectivity index (χ0) is 11.3. The summed E-state index contributed by atoms with van der Waals surface area (Å²) in [7, 11) is 0. The van der Waals surface area contributed by atoms with Crippen molar-refractivity contribution in [2.24, 2.45) is 0 Å². The number of hydrogen-bond donors (Lipinski definition) is 1. The van der Waals surface area contributed by atoms with Crippen molar-refractivity contribution in [2.45, 2.75) is 32.9 Å². The molecule has 0 aromatic carbocycles. The molecule has 1 aromatic heterocycles. The number of aliphatic hydroxyl groups is 1. The number of imidazole rings is 1. The van der Waals surface area contributed by atoms with Gasteiger partial charge >= 0.3 is 5.97 Å². The van der Waals surface area contributed by atoms with Gasteiger partial charge in [-0.1, -0.05) is 0 Å². The van der Waals surface area contributed by atoms with Crippen molar-refractivity contribution in [1.82, 2.24) is 9.55 Å². The van der Waals surface area contributed by atoms with Crippen LogP contribution < -0.4 is 0 Å². The van der Waals surface area contributed by atoms with Gasteiger partial charge in [0.2, 0.25) is 0 Å². The smallest absolute Gasteiger partial charge is 0.308 e. The normalized spacial score (nSPS) is 12.5. The minimum Gasteiger partial charge on any atom is -0.466 e. The van der Waals surface area contributed by atoms with Crippen molar-refractivity contribution in [1.29, 1.82) is 0 Å². The van der Waals surface area contributed by atoms with Crippen LogP contribution in [0.1, 0.15) is 32.1 Å². The quantitative estimate of drug-likeness (QED) is 0.736. The van der Waals surface area contributed by atoms with Crippen molar-refractivity contribution in [3.8, 4) is 0 Å². The van der Waals surface area contributed by atoms with Gasteiger partial charge in [0, 0.05) is 6.54 Å². The number of carbonyl (C=O) groups is 1. The summed E-state index contributed by atoms with van der Waals surface area (Å²) in [6, 6.07) is 0. The lowest BCUT2D eigenvalue weighted by Crippen LogP contribution is -2.13. The molecule has 0 amide bonds. The Balaban J connectivity index is 2.60. The molecule has 0 saturated carbocycles. The van der Waals surface area contributed by atoms with Crippen LogP contribution in [0.25, 0.3) is 0 Å². The van der Waals surface area contributed by atoms with Gasteiger partial charge in [-0.15, -0.1) is 0 Å². The number of nitrogens with zero attached hydrogens (tertiary/aromatic N) is 2. The SMILES string of the molecule is CCOC(=O)CC(O)c1cncn1CC. The average Bonchev–Trinajstić information content (AvgIpc) is 2.65. The number of hydrogen-bond acceptors (Lipinski definition) is 4. The van der Waals surface area contributed by atoms with Crippen molar-refractivity contribution < 1.29 is 14.6 Å². The first-order valence-corrected chi connectivity index (χ1v) is 5.02. The molecule has 1 aromatic rings. The third-order valence-corrected chi connectivity index (χ3v) is 2.09. The molecule has 5 nitrogen and oxygen atoms in total. The Morgan fingerprint density at radius 2 is 2.40 bits per heavy atom. The van der Waals surface area contributed by atoms with Gasteiger partial charge in [-0.2, -0.15) is 0 Å². The number of esters is 1. The Labute approximate surface area is 88.7 Å². The van der Waals surface area contributed by atoms with Gasteiger partial charge in [0.25, 0.3) is 0 Å². The van der Waals surface area contributed by atoms with Crippen molar-refractivity contribution in [2.75, 3.05) is 6.61 Å². The Kier molecular flexibility index (Phi) is 4.30. The Morgan fingerprint density at radius 3 is 3.00 bits per heavy atom. The lowest BCUT2D eigenvalue weighted by Gasteiger charge is -2.11. The second-order valence-corrected chi connectivity index (χ2v) is 3.13. The predicted octanol–water partition coefficient (Wildman–Crippen LogP) is 0.890. The van der Waals surface area contributed by atoms with Gasteiger partial charge in [-0.05, 0) is 13.8 Å². The number of aromatic nitrogens is 2. The summed E-state index contributed by atoms with van der Waals surface area (Å²) in [6.45, 7) is 4.73. The van der Waals surface area contributed by atoms with Crippen LogP contribution in [0.4, 0.5) is 0 Å². The standard InChI is InChI=1S/C10H16N2O3/c1-3-12-7-11-6-8(12)9(13)5-10(14)15-4-2/h6-7,9,13H,3-5H2,1-2H3. The minimum absolute atomic E-state index is 0.0282. The van der Waals surface area contributed by atoms with Gasteiger partial charge in [0.05, 0.1) is 31.2 Å². The zero-order valence-electron chi connectivity index (χ0n) is 9.01. The van der Waals surface area contributed by atoms with Gasteiger partial charge in [0.1, 0.15) is 6.10 Å². The van der Waals surface area contributed by atoms with E-state index in [9.17, 15) is 9.90 Å². The van der Waals surface area contributed by atoms with Crippen LogP contribution in [0.3, 0.4) is 0 Å². The number of aliphatic hydroxyl groups excluding tert-OH is 1. The van der Waals surface area contributed by atoms with E-state index >= 15 is 0 Å². The molecule has 0 saturated heterocycles. The van der Waals surface area contributed by atoms with Crippen LogP contribution in [0.2, 0.25) is 0 Å². The lowest BCUT2D eigenvalue weighted by atomic mass is 10.2. The fraction of sp³-hybridized carbons (Fsp3) is 0.600. The molecule has 1 N–H and O–H groups in total. The molecule has 0 radical (unpaired) electrons. The van der Waals surface area contributed by atoms with E-state index in [1.807, 2.05) is 6.92 Å². The maximum atomic E-state index is 11.1. The highest BCUT2D eigenvalue weighted by Gasteiger charge is 2.16. The monoisotopic (exact) mass is 212 g/mol. The van der Waals surface area contributed by atoms with Gasteiger partial charge < -0.3 is 14.4 Å². The van der Waals surface area contributed by atoms with Crippen LogP contribution in [0, 0.1) is 0 Å². The molecule has 1 atom stereocenters. The summed E-state index contributed by atoms with van der Waals surface area (Å²) in [4.78, 5) is 15.1. The third-order valence-electron chi connectivity index (χ3n) is 2.09. The van der Waals surface area contributed by atoms with Crippen LogP contribution in [-0.2, 0) is 16.1 Å². The maximum absolute atomic E-state index is 11.1. The summed E-state index contributed by atoms with van der Waals surface area (Å²) in [5, 5.41) is 9.76. The minimum atomic E-state index is -0.841. The summed E-state index contributed by atoms with van der Waals surface area (Å²) in [5.41, 5.74) is 0.644. The highest BCUT2D eigenvalue weighted by Crippen LogP contribution is 2.16. The summed E-state index contributed by atoms with van der Waals surface area (Å²) >= 11 is 0. The number of carbonyl (C=O) groups excluding carboxylic acids is 1. The molecule has 15 heavy (non-hydrogen) atoms. The molecular formula is C10H16N2O3. The molecular weight excluding hydrogens is 196 g/mol. The van der Waals surface area contributed by atoms with Crippen LogP contribution in [0.15, 0.2) is 12.5 Å². The molecule has 0 aliphatic rings. The zero-order valence-corrected chi connectivity index (χ0v) is 9.01. The molecule has 1 unspecified atom stereocenters. The van der Waals surface area contributed by atoms with Crippen molar-refractivity contribution >= 4 is 5.97 Å². The first kappa shape index (κ1) is 11.7. The topological polar surface area (TPSA) is 64.3 Å². The van der Waals surface area contributed by atoms with Crippen LogP contribution in [-0.4, -0.2) is 27.2 Å². The highest BCUT2D eigenvalue weighted by atomic mass is 16.5. The van der Waals surface area contributed by atoms with E-state index in [1.54, 1.807) is 24.0 Å². The number of ether oxygens (including phenoxy) is 1. The predicted molar refractivity (Wildman–Crippen MR) is 54.1 cm³/mol. The van der Waals surface area contributed by atoms with Crippen LogP contribution in [0.5, 0.6) is 0 Å². The lowest BCUT2D eigenvalue weighted by molar-refractivity contribution is -0.145. The molecule has 1 heterocycles. The van der Waals surface area contributed by atoms with Gasteiger partial charge in [-0.3, -0.25) is 4.79 Å². The summed E-state index contributed by atoms with van der Waals surface area (Å²) in [6.07, 6.45) is 2.32. The highest BCUT2D eigenvalue weighted by molar-refractivity contribution is 5.70. The molecule has 0 aliphatic heterocycles. The molecule has 0 aliphatic carbocycles. The molecule has 0 bridgehead atoms. The number of aryl methyl sites for hydroxylation is 1. The van der Waals surface area contributed by atoms with E-state index in [-0.39, 0.29) is 6.42 Å². The fourth-order valence-electron chi connectivity index (χ4n) is 1.36. The summed E-state index contributed by atoms with van der Waals surface area (Å²) < 4.78 is 6.55. The molecule has 1 rings (SSSR count). The summed E-state index contributed by atoms with van der Waals surface area (Å²) in [5.74, 6) is -0.395. The second kappa shape index (κ2) is 5.50. The first-order valence-electron chi connectivity index (χ1n) is 5.02. The largest absolute Gasteiger partial charge is 0.466 e. The van der Waals surface area contributed by atoms with Crippen molar-refractivity contribution in [3.63, 3.8) is 0 Å². The average molecular weight is 212 g/mol. The van der Waals surface area contributed by atoms with Crippen LogP contribution >= 0.6 is 0 Å². The first-order chi connectivity index (χ1) is 7.19. The number of rotatable bonds is 5. The van der Waals surface area contributed by atoms with E-state index in [4.69, 9.17) is 4.74 Å². The van der Waals surface area contributed by atoms with E-state index in [0.29, 0.717) is 12.3 Å². The Hall–Kier alpha value is -1.36. The molecule has 84 valence electrons. The second-order valence-electron chi connectivity index (χ2n) is 3.13. The maximum Gasteiger partial charge on any atom is 0.308 e. The Bertz CT molecular complexity index is 322. The van der Waals surface area contributed by atoms with E-state index in [0.717, 1.165) is 6.54 Å². The van der Waals surface area contributed by atoms with Crippen molar-refractivity contribution in [3.05, 3.63) is 18.2 Å². The van der Waals surface area contributed by atoms with Gasteiger partial charge in [-0.25, -0.2) is 4.98 Å². The third kappa shape index (κ3) is 3.06. The molecule has 0 spiro atoms. The molecule has 5 heteroatoms. The van der Waals surface area contributed by atoms with E-state index in [2.05, 4.69) is 4.98 Å². The Morgan fingerprint density at radius 1 is 1.67 bits per heavy atom. The van der Waals surface area contributed by atoms with E-state index in [1.165, 1.54) is 0 Å².